The van der Waals surface area contributed by atoms with E-state index in [0.29, 0.717) is 37.6 Å². The van der Waals surface area contributed by atoms with Crippen molar-refractivity contribution >= 4 is 41.4 Å². The van der Waals surface area contributed by atoms with Crippen LogP contribution in [-0.4, -0.2) is 79.7 Å². The average molecular weight is 510 g/mol. The second kappa shape index (κ2) is 11.4. The Labute approximate surface area is 206 Å². The summed E-state index contributed by atoms with van der Waals surface area (Å²) < 4.78 is 27.6. The summed E-state index contributed by atoms with van der Waals surface area (Å²) in [5, 5.41) is 3.41. The van der Waals surface area contributed by atoms with Gasteiger partial charge in [0.15, 0.2) is 0 Å². The number of anilines is 2. The number of hydrogen-bond donors (Lipinski definition) is 1. The highest BCUT2D eigenvalue weighted by atomic mass is 32.2. The van der Waals surface area contributed by atoms with Crippen LogP contribution in [-0.2, 0) is 14.3 Å². The van der Waals surface area contributed by atoms with Gasteiger partial charge in [0.1, 0.15) is 17.5 Å². The number of benzene rings is 1. The standard InChI is InChI=1S/C21H28FN7O5S/c1-21(2,3)34-19(31)25-35-13-18(30)28-8-6-27(7-9-28)17-5-4-14(10-16(17)22)29-12-15(11-24-26-23)33-20(29)32/h4-5,10,15H,6-9,11-13H2,1-3H3,(H,25,31)/t15-/m1/s1. The highest BCUT2D eigenvalue weighted by Crippen LogP contribution is 2.28. The monoisotopic (exact) mass is 509 g/mol. The minimum absolute atomic E-state index is 0.0118. The van der Waals surface area contributed by atoms with Gasteiger partial charge in [-0.2, -0.15) is 0 Å². The molecule has 2 fully saturated rings. The third kappa shape index (κ3) is 7.30. The fourth-order valence-electron chi connectivity index (χ4n) is 3.62. The van der Waals surface area contributed by atoms with Crippen LogP contribution in [0.2, 0.25) is 0 Å². The number of nitrogens with zero attached hydrogens (tertiary/aromatic N) is 6. The molecular formula is C21H28FN7O5S. The zero-order valence-corrected chi connectivity index (χ0v) is 20.6. The summed E-state index contributed by atoms with van der Waals surface area (Å²) >= 11 is 0.966. The molecule has 2 aliphatic rings. The van der Waals surface area contributed by atoms with E-state index in [4.69, 9.17) is 15.0 Å². The molecule has 12 nitrogen and oxygen atoms in total. The fourth-order valence-corrected chi connectivity index (χ4v) is 4.16. The molecule has 3 rings (SSSR count). The number of rotatable bonds is 7. The van der Waals surface area contributed by atoms with E-state index in [2.05, 4.69) is 14.7 Å². The summed E-state index contributed by atoms with van der Waals surface area (Å²) in [7, 11) is 0. The van der Waals surface area contributed by atoms with Gasteiger partial charge in [0, 0.05) is 31.1 Å². The van der Waals surface area contributed by atoms with Crippen LogP contribution in [0.3, 0.4) is 0 Å². The summed E-state index contributed by atoms with van der Waals surface area (Å²) in [5.74, 6) is -0.565. The van der Waals surface area contributed by atoms with E-state index in [9.17, 15) is 18.8 Å². The van der Waals surface area contributed by atoms with Crippen LogP contribution < -0.4 is 14.5 Å². The lowest BCUT2D eigenvalue weighted by Gasteiger charge is -2.36. The van der Waals surface area contributed by atoms with Gasteiger partial charge in [0.25, 0.3) is 0 Å². The quantitative estimate of drug-likeness (QED) is 0.257. The second-order valence-corrected chi connectivity index (χ2v) is 9.71. The molecule has 1 aromatic rings. The molecular weight excluding hydrogens is 481 g/mol. The van der Waals surface area contributed by atoms with E-state index in [-0.39, 0.29) is 24.7 Å². The summed E-state index contributed by atoms with van der Waals surface area (Å²) in [5.41, 5.74) is 8.52. The fraction of sp³-hybridized carbons (Fsp3) is 0.571. The highest BCUT2D eigenvalue weighted by Gasteiger charge is 2.32. The minimum atomic E-state index is -0.624. The third-order valence-electron chi connectivity index (χ3n) is 5.19. The lowest BCUT2D eigenvalue weighted by molar-refractivity contribution is -0.128. The molecule has 0 aliphatic carbocycles. The molecule has 2 heterocycles. The molecule has 2 aliphatic heterocycles. The van der Waals surface area contributed by atoms with Crippen molar-refractivity contribution in [1.82, 2.24) is 9.62 Å². The van der Waals surface area contributed by atoms with Crippen molar-refractivity contribution in [2.75, 3.05) is 54.8 Å². The molecule has 14 heteroatoms. The molecule has 0 aromatic heterocycles. The number of cyclic esters (lactones) is 1. The maximum absolute atomic E-state index is 14.9. The number of hydrogen-bond acceptors (Lipinski definition) is 8. The lowest BCUT2D eigenvalue weighted by Crippen LogP contribution is -2.49. The summed E-state index contributed by atoms with van der Waals surface area (Å²) in [6.07, 6.45) is -1.81. The molecule has 0 bridgehead atoms. The molecule has 0 radical (unpaired) electrons. The van der Waals surface area contributed by atoms with Crippen LogP contribution in [0.5, 0.6) is 0 Å². The summed E-state index contributed by atoms with van der Waals surface area (Å²) in [6, 6.07) is 4.49. The summed E-state index contributed by atoms with van der Waals surface area (Å²) in [6.45, 7) is 7.13. The molecule has 3 amide bonds. The molecule has 0 spiro atoms. The largest absolute Gasteiger partial charge is 0.444 e. The number of carbonyl (C=O) groups excluding carboxylic acids is 3. The first-order valence-electron chi connectivity index (χ1n) is 11.0. The van der Waals surface area contributed by atoms with Crippen LogP contribution in [0.25, 0.3) is 10.4 Å². The first-order chi connectivity index (χ1) is 16.6. The Hall–Kier alpha value is -3.38. The number of halogens is 1. The molecule has 1 aromatic carbocycles. The van der Waals surface area contributed by atoms with Crippen LogP contribution >= 0.6 is 11.9 Å². The minimum Gasteiger partial charge on any atom is -0.444 e. The smallest absolute Gasteiger partial charge is 0.417 e. The first-order valence-corrected chi connectivity index (χ1v) is 12.0. The van der Waals surface area contributed by atoms with Crippen LogP contribution in [0.1, 0.15) is 20.8 Å². The number of nitrogens with one attached hydrogen (secondary N) is 1. The van der Waals surface area contributed by atoms with E-state index in [1.165, 1.54) is 11.0 Å². The Balaban J connectivity index is 1.49. The zero-order valence-electron chi connectivity index (χ0n) is 19.8. The number of amides is 3. The van der Waals surface area contributed by atoms with E-state index in [1.54, 1.807) is 37.8 Å². The average Bonchev–Trinajstić information content (AvgIpc) is 3.17. The number of carbonyl (C=O) groups is 3. The van der Waals surface area contributed by atoms with Crippen molar-refractivity contribution < 1.29 is 28.2 Å². The predicted molar refractivity (Wildman–Crippen MR) is 129 cm³/mol. The normalized spacial score (nSPS) is 18.1. The second-order valence-electron chi connectivity index (χ2n) is 8.93. The topological polar surface area (TPSA) is 140 Å². The SMILES string of the molecule is CC(C)(C)OC(=O)NSCC(=O)N1CCN(c2ccc(N3C[C@@H](CN=[N+]=[N-])OC3=O)cc2F)CC1. The Bertz CT molecular complexity index is 1010. The highest BCUT2D eigenvalue weighted by molar-refractivity contribution is 7.98. The van der Waals surface area contributed by atoms with Gasteiger partial charge in [-0.25, -0.2) is 14.0 Å². The van der Waals surface area contributed by atoms with Crippen molar-refractivity contribution in [3.63, 3.8) is 0 Å². The zero-order chi connectivity index (χ0) is 25.6. The van der Waals surface area contributed by atoms with Gasteiger partial charge in [0.05, 0.1) is 30.2 Å². The van der Waals surface area contributed by atoms with Gasteiger partial charge < -0.3 is 19.3 Å². The van der Waals surface area contributed by atoms with Crippen LogP contribution in [0.15, 0.2) is 23.3 Å². The maximum Gasteiger partial charge on any atom is 0.417 e. The third-order valence-corrected chi connectivity index (χ3v) is 5.89. The van der Waals surface area contributed by atoms with Crippen molar-refractivity contribution in [3.8, 4) is 0 Å². The molecule has 190 valence electrons. The van der Waals surface area contributed by atoms with Gasteiger partial charge in [-0.05, 0) is 56.4 Å². The Morgan fingerprint density at radius 2 is 2.03 bits per heavy atom. The molecule has 1 N–H and O–H groups in total. The predicted octanol–water partition coefficient (Wildman–Crippen LogP) is 3.28. The van der Waals surface area contributed by atoms with Crippen LogP contribution in [0, 0.1) is 5.82 Å². The van der Waals surface area contributed by atoms with Crippen molar-refractivity contribution in [2.45, 2.75) is 32.5 Å². The van der Waals surface area contributed by atoms with Gasteiger partial charge in [-0.15, -0.1) is 0 Å². The Morgan fingerprint density at radius 1 is 1.31 bits per heavy atom. The van der Waals surface area contributed by atoms with Gasteiger partial charge >= 0.3 is 12.2 Å². The number of azide groups is 1. The van der Waals surface area contributed by atoms with E-state index < -0.39 is 29.7 Å². The lowest BCUT2D eigenvalue weighted by atomic mass is 10.2. The van der Waals surface area contributed by atoms with Gasteiger partial charge in [-0.3, -0.25) is 14.4 Å². The van der Waals surface area contributed by atoms with Crippen LogP contribution in [0.4, 0.5) is 25.4 Å². The maximum atomic E-state index is 14.9. The van der Waals surface area contributed by atoms with E-state index >= 15 is 0 Å². The number of ether oxygens (including phenoxy) is 2. The summed E-state index contributed by atoms with van der Waals surface area (Å²) in [4.78, 5) is 43.6. The number of piperazine rings is 1. The van der Waals surface area contributed by atoms with Gasteiger partial charge in [0.2, 0.25) is 5.91 Å². The molecule has 35 heavy (non-hydrogen) atoms. The molecule has 1 atom stereocenters. The molecule has 0 saturated carbocycles. The van der Waals surface area contributed by atoms with E-state index in [1.807, 2.05) is 4.90 Å². The Morgan fingerprint density at radius 3 is 2.66 bits per heavy atom. The Kier molecular flexibility index (Phi) is 8.52. The van der Waals surface area contributed by atoms with Crippen molar-refractivity contribution in [3.05, 3.63) is 34.5 Å². The molecule has 0 unspecified atom stereocenters. The first kappa shape index (κ1) is 26.2. The van der Waals surface area contributed by atoms with Crippen molar-refractivity contribution in [2.24, 2.45) is 5.11 Å². The van der Waals surface area contributed by atoms with Gasteiger partial charge in [-0.1, -0.05) is 5.11 Å². The van der Waals surface area contributed by atoms with Crippen molar-refractivity contribution in [1.29, 1.82) is 0 Å². The van der Waals surface area contributed by atoms with E-state index in [0.717, 1.165) is 11.9 Å². The molecule has 2 saturated heterocycles.